The smallest absolute Gasteiger partial charge is 0.257 e. The van der Waals surface area contributed by atoms with Crippen LogP contribution in [0.4, 0.5) is 4.39 Å². The zero-order chi connectivity index (χ0) is 21.3. The predicted octanol–water partition coefficient (Wildman–Crippen LogP) is 3.68. The summed E-state index contributed by atoms with van der Waals surface area (Å²) in [6, 6.07) is 12.6. The Morgan fingerprint density at radius 1 is 1.19 bits per heavy atom. The monoisotopic (exact) mass is 437 g/mol. The van der Waals surface area contributed by atoms with E-state index in [4.69, 9.17) is 4.74 Å². The van der Waals surface area contributed by atoms with Gasteiger partial charge in [0.25, 0.3) is 5.91 Å². The number of halogens is 1. The minimum Gasteiger partial charge on any atom is -0.361 e. The zero-order valence-electron chi connectivity index (χ0n) is 17.1. The average molecular weight is 438 g/mol. The second kappa shape index (κ2) is 8.49. The third-order valence-corrected chi connectivity index (χ3v) is 6.90. The highest BCUT2D eigenvalue weighted by molar-refractivity contribution is 7.07. The fraction of sp³-hybridized carbons (Fsp3) is 0.333. The molecule has 0 bridgehead atoms. The molecule has 5 rings (SSSR count). The molecule has 1 spiro atoms. The molecule has 0 radical (unpaired) electrons. The van der Waals surface area contributed by atoms with E-state index < -0.39 is 5.60 Å². The van der Waals surface area contributed by atoms with Gasteiger partial charge in [-0.3, -0.25) is 14.7 Å². The highest BCUT2D eigenvalue weighted by Crippen LogP contribution is 2.42. The molecule has 3 aromatic rings. The minimum absolute atomic E-state index is 0.0283. The van der Waals surface area contributed by atoms with Crippen LogP contribution < -0.4 is 0 Å². The summed E-state index contributed by atoms with van der Waals surface area (Å²) in [5.74, 6) is -0.352. The largest absolute Gasteiger partial charge is 0.361 e. The van der Waals surface area contributed by atoms with E-state index in [-0.39, 0.29) is 17.6 Å². The van der Waals surface area contributed by atoms with Gasteiger partial charge >= 0.3 is 0 Å². The maximum absolute atomic E-state index is 13.8. The highest BCUT2D eigenvalue weighted by Gasteiger charge is 2.56. The third-order valence-electron chi connectivity index (χ3n) is 6.17. The van der Waals surface area contributed by atoms with E-state index in [9.17, 15) is 9.18 Å². The normalized spacial score (nSPS) is 24.2. The molecule has 4 heterocycles. The lowest BCUT2D eigenvalue weighted by Gasteiger charge is -2.42. The van der Waals surface area contributed by atoms with Crippen molar-refractivity contribution in [3.63, 3.8) is 0 Å². The van der Waals surface area contributed by atoms with Gasteiger partial charge in [0.1, 0.15) is 5.82 Å². The Morgan fingerprint density at radius 2 is 2.13 bits per heavy atom. The molecule has 7 heteroatoms. The first kappa shape index (κ1) is 20.3. The van der Waals surface area contributed by atoms with Crippen molar-refractivity contribution in [3.05, 3.63) is 88.1 Å². The van der Waals surface area contributed by atoms with Gasteiger partial charge in [-0.1, -0.05) is 18.2 Å². The van der Waals surface area contributed by atoms with Crippen molar-refractivity contribution in [1.29, 1.82) is 0 Å². The van der Waals surface area contributed by atoms with Crippen molar-refractivity contribution in [2.75, 3.05) is 26.2 Å². The fourth-order valence-corrected chi connectivity index (χ4v) is 5.43. The number of rotatable bonds is 5. The number of hydrogen-bond acceptors (Lipinski definition) is 5. The number of carbonyl (C=O) groups excluding carboxylic acids is 1. The van der Waals surface area contributed by atoms with Gasteiger partial charge in [-0.25, -0.2) is 4.39 Å². The Bertz CT molecular complexity index is 1050. The molecule has 1 aromatic carbocycles. The number of hydrogen-bond donors (Lipinski definition) is 0. The van der Waals surface area contributed by atoms with Gasteiger partial charge in [0.15, 0.2) is 5.60 Å². The van der Waals surface area contributed by atoms with Gasteiger partial charge in [0.05, 0.1) is 6.61 Å². The van der Waals surface area contributed by atoms with Crippen LogP contribution in [0.15, 0.2) is 65.6 Å². The van der Waals surface area contributed by atoms with Crippen LogP contribution in [0.25, 0.3) is 0 Å². The van der Waals surface area contributed by atoms with E-state index >= 15 is 0 Å². The number of ether oxygens (including phenoxy) is 1. The molecule has 0 saturated carbocycles. The van der Waals surface area contributed by atoms with Crippen LogP contribution in [-0.2, 0) is 22.6 Å². The van der Waals surface area contributed by atoms with Gasteiger partial charge in [-0.2, -0.15) is 11.3 Å². The molecule has 160 valence electrons. The molecule has 0 N–H and O–H groups in total. The molecule has 0 aliphatic carbocycles. The molecule has 31 heavy (non-hydrogen) atoms. The van der Waals surface area contributed by atoms with Crippen LogP contribution in [0.5, 0.6) is 0 Å². The van der Waals surface area contributed by atoms with E-state index in [1.165, 1.54) is 6.07 Å². The van der Waals surface area contributed by atoms with Crippen molar-refractivity contribution in [1.82, 2.24) is 14.8 Å². The van der Waals surface area contributed by atoms with Crippen molar-refractivity contribution in [2.45, 2.75) is 24.6 Å². The molecule has 2 saturated heterocycles. The number of aromatic nitrogens is 1. The summed E-state index contributed by atoms with van der Waals surface area (Å²) in [6.45, 7) is 3.37. The Balaban J connectivity index is 1.45. The Labute approximate surface area is 185 Å². The van der Waals surface area contributed by atoms with Gasteiger partial charge in [-0.15, -0.1) is 0 Å². The summed E-state index contributed by atoms with van der Waals surface area (Å²) >= 11 is 1.64. The number of morpholine rings is 1. The second-order valence-electron chi connectivity index (χ2n) is 8.23. The van der Waals surface area contributed by atoms with Crippen LogP contribution in [0.2, 0.25) is 0 Å². The molecule has 1 amide bonds. The summed E-state index contributed by atoms with van der Waals surface area (Å²) in [5.41, 5.74) is 2.07. The van der Waals surface area contributed by atoms with Crippen molar-refractivity contribution in [3.8, 4) is 0 Å². The molecule has 0 unspecified atom stereocenters. The second-order valence-corrected chi connectivity index (χ2v) is 9.01. The predicted molar refractivity (Wildman–Crippen MR) is 117 cm³/mol. The number of carbonyl (C=O) groups is 1. The summed E-state index contributed by atoms with van der Waals surface area (Å²) in [4.78, 5) is 22.2. The van der Waals surface area contributed by atoms with Crippen LogP contribution in [0, 0.1) is 5.82 Å². The van der Waals surface area contributed by atoms with E-state index in [0.29, 0.717) is 39.3 Å². The Morgan fingerprint density at radius 3 is 2.90 bits per heavy atom. The number of benzene rings is 1. The maximum atomic E-state index is 13.8. The third kappa shape index (κ3) is 4.01. The van der Waals surface area contributed by atoms with E-state index in [2.05, 4.69) is 21.3 Å². The van der Waals surface area contributed by atoms with Crippen molar-refractivity contribution in [2.24, 2.45) is 0 Å². The van der Waals surface area contributed by atoms with E-state index in [1.54, 1.807) is 29.7 Å². The van der Waals surface area contributed by atoms with Crippen LogP contribution in [0.3, 0.4) is 0 Å². The molecular weight excluding hydrogens is 413 g/mol. The standard InChI is InChI=1S/C24H24FN3O2S/c25-21-5-1-3-18(11-21)13-27-15-22(20-4-2-7-26-12-20)24(17-27)23(29)28(8-9-30-24)14-19-6-10-31-16-19/h1-7,10-12,16,22H,8-9,13-15,17H2/t22-,24+/m0/s1. The van der Waals surface area contributed by atoms with Gasteiger partial charge in [0, 0.05) is 51.0 Å². The molecule has 2 aromatic heterocycles. The van der Waals surface area contributed by atoms with E-state index in [1.807, 2.05) is 34.7 Å². The van der Waals surface area contributed by atoms with Crippen molar-refractivity contribution < 1.29 is 13.9 Å². The zero-order valence-corrected chi connectivity index (χ0v) is 17.9. The molecule has 2 atom stereocenters. The number of amides is 1. The number of likely N-dealkylation sites (tertiary alicyclic amines) is 1. The minimum atomic E-state index is -0.954. The molecule has 2 aliphatic heterocycles. The Hall–Kier alpha value is -2.61. The first-order valence-electron chi connectivity index (χ1n) is 10.5. The number of thiophene rings is 1. The fourth-order valence-electron chi connectivity index (χ4n) is 4.77. The number of pyridine rings is 1. The molecule has 5 nitrogen and oxygen atoms in total. The van der Waals surface area contributed by atoms with Crippen LogP contribution in [-0.4, -0.2) is 52.5 Å². The van der Waals surface area contributed by atoms with Gasteiger partial charge in [-0.05, 0) is 51.7 Å². The maximum Gasteiger partial charge on any atom is 0.257 e. The first-order chi connectivity index (χ1) is 15.1. The topological polar surface area (TPSA) is 45.7 Å². The lowest BCUT2D eigenvalue weighted by atomic mass is 9.83. The average Bonchev–Trinajstić information content (AvgIpc) is 3.41. The van der Waals surface area contributed by atoms with Crippen LogP contribution >= 0.6 is 11.3 Å². The van der Waals surface area contributed by atoms with Gasteiger partial charge < -0.3 is 9.64 Å². The number of nitrogens with zero attached hydrogens (tertiary/aromatic N) is 3. The molecular formula is C24H24FN3O2S. The van der Waals surface area contributed by atoms with Crippen LogP contribution in [0.1, 0.15) is 22.6 Å². The summed E-state index contributed by atoms with van der Waals surface area (Å²) < 4.78 is 20.0. The summed E-state index contributed by atoms with van der Waals surface area (Å²) in [5, 5.41) is 4.11. The highest BCUT2D eigenvalue weighted by atomic mass is 32.1. The lowest BCUT2D eigenvalue weighted by Crippen LogP contribution is -2.59. The van der Waals surface area contributed by atoms with E-state index in [0.717, 1.165) is 16.7 Å². The van der Waals surface area contributed by atoms with Crippen molar-refractivity contribution >= 4 is 17.2 Å². The quantitative estimate of drug-likeness (QED) is 0.611. The van der Waals surface area contributed by atoms with Gasteiger partial charge in [0.2, 0.25) is 0 Å². The Kier molecular flexibility index (Phi) is 5.56. The lowest BCUT2D eigenvalue weighted by molar-refractivity contribution is -0.173. The summed E-state index contributed by atoms with van der Waals surface area (Å²) in [7, 11) is 0. The molecule has 2 fully saturated rings. The SMILES string of the molecule is O=C1N(Cc2ccsc2)CCO[C@@]12CN(Cc1cccc(F)c1)C[C@H]2c1cccnc1. The first-order valence-corrected chi connectivity index (χ1v) is 11.4. The summed E-state index contributed by atoms with van der Waals surface area (Å²) in [6.07, 6.45) is 3.56. The molecule has 2 aliphatic rings.